The average Bonchev–Trinajstić information content (AvgIpc) is 2.29. The first kappa shape index (κ1) is 18.8. The highest BCUT2D eigenvalue weighted by Gasteiger charge is 2.22. The molecule has 0 aromatic carbocycles. The van der Waals surface area contributed by atoms with Crippen molar-refractivity contribution in [2.24, 2.45) is 0 Å². The van der Waals surface area contributed by atoms with Gasteiger partial charge in [-0.05, 0) is 19.8 Å². The second-order valence-corrected chi connectivity index (χ2v) is 8.56. The summed E-state index contributed by atoms with van der Waals surface area (Å²) >= 11 is 0. The Kier molecular flexibility index (Phi) is 8.11. The standard InChI is InChI=1S/C11H26N2O4S2/c1-5-7-10-19(16,17)12-8-9-13(11(3)6-2)18(4,14)15/h11-12H,5-10H2,1-4H3. The molecule has 0 amide bonds. The van der Waals surface area contributed by atoms with Gasteiger partial charge in [0.25, 0.3) is 0 Å². The lowest BCUT2D eigenvalue weighted by Crippen LogP contribution is -2.43. The Morgan fingerprint density at radius 2 is 1.74 bits per heavy atom. The van der Waals surface area contributed by atoms with E-state index < -0.39 is 20.0 Å². The molecule has 0 saturated heterocycles. The summed E-state index contributed by atoms with van der Waals surface area (Å²) in [7, 11) is -6.60. The molecule has 1 atom stereocenters. The lowest BCUT2D eigenvalue weighted by molar-refractivity contribution is 0.335. The van der Waals surface area contributed by atoms with Crippen molar-refractivity contribution in [1.82, 2.24) is 9.03 Å². The van der Waals surface area contributed by atoms with Crippen LogP contribution in [0.1, 0.15) is 40.0 Å². The van der Waals surface area contributed by atoms with Gasteiger partial charge in [0.05, 0.1) is 12.0 Å². The smallest absolute Gasteiger partial charge is 0.211 e. The van der Waals surface area contributed by atoms with Crippen LogP contribution in [0, 0.1) is 0 Å². The van der Waals surface area contributed by atoms with E-state index in [0.717, 1.165) is 12.7 Å². The minimum atomic E-state index is -3.31. The number of hydrogen-bond acceptors (Lipinski definition) is 4. The Bertz CT molecular complexity index is 445. The highest BCUT2D eigenvalue weighted by atomic mass is 32.2. The Labute approximate surface area is 117 Å². The van der Waals surface area contributed by atoms with Crippen LogP contribution in [-0.4, -0.2) is 52.3 Å². The van der Waals surface area contributed by atoms with E-state index >= 15 is 0 Å². The largest absolute Gasteiger partial charge is 0.214 e. The fraction of sp³-hybridized carbons (Fsp3) is 1.00. The number of unbranched alkanes of at least 4 members (excludes halogenated alkanes) is 1. The van der Waals surface area contributed by atoms with Gasteiger partial charge in [0.15, 0.2) is 0 Å². The topological polar surface area (TPSA) is 83.6 Å². The van der Waals surface area contributed by atoms with E-state index in [-0.39, 0.29) is 24.9 Å². The van der Waals surface area contributed by atoms with E-state index in [1.165, 1.54) is 4.31 Å². The molecule has 0 radical (unpaired) electrons. The lowest BCUT2D eigenvalue weighted by Gasteiger charge is -2.25. The van der Waals surface area contributed by atoms with Crippen LogP contribution in [-0.2, 0) is 20.0 Å². The van der Waals surface area contributed by atoms with Crippen molar-refractivity contribution in [2.45, 2.75) is 46.1 Å². The summed E-state index contributed by atoms with van der Waals surface area (Å²) < 4.78 is 50.1. The van der Waals surface area contributed by atoms with E-state index in [4.69, 9.17) is 0 Å². The zero-order valence-electron chi connectivity index (χ0n) is 12.2. The van der Waals surface area contributed by atoms with Gasteiger partial charge in [-0.3, -0.25) is 0 Å². The molecule has 0 aliphatic rings. The molecule has 0 saturated carbocycles. The third-order valence-electron chi connectivity index (χ3n) is 2.93. The molecule has 0 aliphatic heterocycles. The molecule has 1 N–H and O–H groups in total. The van der Waals surface area contributed by atoms with Crippen LogP contribution < -0.4 is 4.72 Å². The van der Waals surface area contributed by atoms with Crippen LogP contribution in [0.3, 0.4) is 0 Å². The van der Waals surface area contributed by atoms with Crippen molar-refractivity contribution < 1.29 is 16.8 Å². The number of nitrogens with one attached hydrogen (secondary N) is 1. The normalized spacial score (nSPS) is 14.8. The Balaban J connectivity index is 4.44. The van der Waals surface area contributed by atoms with Gasteiger partial charge in [-0.25, -0.2) is 21.6 Å². The van der Waals surface area contributed by atoms with Crippen molar-refractivity contribution in [3.05, 3.63) is 0 Å². The van der Waals surface area contributed by atoms with E-state index in [9.17, 15) is 16.8 Å². The summed E-state index contributed by atoms with van der Waals surface area (Å²) in [6.45, 7) is 5.91. The van der Waals surface area contributed by atoms with Gasteiger partial charge in [-0.2, -0.15) is 4.31 Å². The molecular weight excluding hydrogens is 288 g/mol. The van der Waals surface area contributed by atoms with Crippen LogP contribution in [0.25, 0.3) is 0 Å². The van der Waals surface area contributed by atoms with Gasteiger partial charge in [-0.1, -0.05) is 20.3 Å². The molecule has 0 aromatic heterocycles. The SMILES string of the molecule is CCCCS(=O)(=O)NCCN(C(C)CC)S(C)(=O)=O. The first-order chi connectivity index (χ1) is 8.64. The Hall–Kier alpha value is -0.180. The van der Waals surface area contributed by atoms with Crippen LogP contribution >= 0.6 is 0 Å². The number of rotatable bonds is 10. The summed E-state index contributed by atoms with van der Waals surface area (Å²) in [4.78, 5) is 0. The maximum atomic E-state index is 11.6. The molecule has 116 valence electrons. The van der Waals surface area contributed by atoms with Gasteiger partial charge in [0, 0.05) is 19.1 Å². The molecule has 6 nitrogen and oxygen atoms in total. The summed E-state index contributed by atoms with van der Waals surface area (Å²) in [5, 5.41) is 0. The fourth-order valence-corrected chi connectivity index (χ4v) is 4.08. The van der Waals surface area contributed by atoms with Crippen LogP contribution in [0.15, 0.2) is 0 Å². The Morgan fingerprint density at radius 3 is 2.16 bits per heavy atom. The molecule has 1 unspecified atom stereocenters. The van der Waals surface area contributed by atoms with Gasteiger partial charge < -0.3 is 0 Å². The van der Waals surface area contributed by atoms with Crippen molar-refractivity contribution in [3.8, 4) is 0 Å². The first-order valence-corrected chi connectivity index (χ1v) is 10.1. The second kappa shape index (κ2) is 8.18. The van der Waals surface area contributed by atoms with Crippen molar-refractivity contribution in [1.29, 1.82) is 0 Å². The summed E-state index contributed by atoms with van der Waals surface area (Å²) in [5.41, 5.74) is 0. The molecular formula is C11H26N2O4S2. The Morgan fingerprint density at radius 1 is 1.16 bits per heavy atom. The highest BCUT2D eigenvalue weighted by molar-refractivity contribution is 7.89. The van der Waals surface area contributed by atoms with E-state index in [0.29, 0.717) is 12.8 Å². The van der Waals surface area contributed by atoms with E-state index in [1.807, 2.05) is 20.8 Å². The van der Waals surface area contributed by atoms with Crippen LogP contribution in [0.2, 0.25) is 0 Å². The molecule has 0 bridgehead atoms. The number of sulfonamides is 2. The van der Waals surface area contributed by atoms with Gasteiger partial charge in [0.1, 0.15) is 0 Å². The summed E-state index contributed by atoms with van der Waals surface area (Å²) in [5.74, 6) is 0.0890. The molecule has 8 heteroatoms. The molecule has 0 heterocycles. The maximum absolute atomic E-state index is 11.6. The number of hydrogen-bond donors (Lipinski definition) is 1. The zero-order chi connectivity index (χ0) is 15.1. The monoisotopic (exact) mass is 314 g/mol. The summed E-state index contributed by atoms with van der Waals surface area (Å²) in [6, 6.07) is -0.129. The first-order valence-electron chi connectivity index (χ1n) is 6.58. The van der Waals surface area contributed by atoms with Gasteiger partial charge in [-0.15, -0.1) is 0 Å². The van der Waals surface area contributed by atoms with Gasteiger partial charge in [0.2, 0.25) is 20.0 Å². The third kappa shape index (κ3) is 7.86. The predicted molar refractivity (Wildman–Crippen MR) is 78.0 cm³/mol. The van der Waals surface area contributed by atoms with Crippen molar-refractivity contribution >= 4 is 20.0 Å². The second-order valence-electron chi connectivity index (χ2n) is 4.70. The highest BCUT2D eigenvalue weighted by Crippen LogP contribution is 2.07. The molecule has 0 aromatic rings. The zero-order valence-corrected chi connectivity index (χ0v) is 13.8. The molecule has 0 fully saturated rings. The lowest BCUT2D eigenvalue weighted by atomic mass is 10.2. The average molecular weight is 314 g/mol. The van der Waals surface area contributed by atoms with Crippen LogP contribution in [0.4, 0.5) is 0 Å². The fourth-order valence-electron chi connectivity index (χ4n) is 1.63. The predicted octanol–water partition coefficient (Wildman–Crippen LogP) is 0.766. The third-order valence-corrected chi connectivity index (χ3v) is 5.79. The minimum absolute atomic E-state index is 0.0890. The van der Waals surface area contributed by atoms with Gasteiger partial charge >= 0.3 is 0 Å². The molecule has 0 spiro atoms. The number of nitrogens with zero attached hydrogens (tertiary/aromatic N) is 1. The maximum Gasteiger partial charge on any atom is 0.211 e. The molecule has 0 aliphatic carbocycles. The molecule has 19 heavy (non-hydrogen) atoms. The van der Waals surface area contributed by atoms with Crippen LogP contribution in [0.5, 0.6) is 0 Å². The van der Waals surface area contributed by atoms with Crippen molar-refractivity contribution in [2.75, 3.05) is 25.1 Å². The van der Waals surface area contributed by atoms with E-state index in [1.54, 1.807) is 0 Å². The molecule has 0 rings (SSSR count). The van der Waals surface area contributed by atoms with E-state index in [2.05, 4.69) is 4.72 Å². The minimum Gasteiger partial charge on any atom is -0.214 e. The summed E-state index contributed by atoms with van der Waals surface area (Å²) in [6.07, 6.45) is 3.25. The quantitative estimate of drug-likeness (QED) is 0.645. The van der Waals surface area contributed by atoms with Crippen molar-refractivity contribution in [3.63, 3.8) is 0 Å².